The zero-order chi connectivity index (χ0) is 15.5. The van der Waals surface area contributed by atoms with E-state index in [1.807, 2.05) is 0 Å². The molecule has 1 aliphatic carbocycles. The van der Waals surface area contributed by atoms with Crippen molar-refractivity contribution in [2.24, 2.45) is 17.3 Å². The van der Waals surface area contributed by atoms with Crippen molar-refractivity contribution in [3.63, 3.8) is 0 Å². The van der Waals surface area contributed by atoms with Gasteiger partial charge in [0.25, 0.3) is 0 Å². The molecule has 0 unspecified atom stereocenters. The first-order valence-electron chi connectivity index (χ1n) is 9.83. The van der Waals surface area contributed by atoms with Crippen LogP contribution in [0, 0.1) is 17.3 Å². The summed E-state index contributed by atoms with van der Waals surface area (Å²) in [4.78, 5) is 2.71. The quantitative estimate of drug-likeness (QED) is 0.752. The fourth-order valence-electron chi connectivity index (χ4n) is 4.76. The van der Waals surface area contributed by atoms with Gasteiger partial charge >= 0.3 is 0 Å². The standard InChI is InChI=1S/C19H33NO3/c1-7-19(15-22-13-17-2-3-17)14-20(8-4-18(19)23-9-1)12-16-5-10-21-11-6-16/h16-18H,1-15H2/t18-,19-/m0/s1. The van der Waals surface area contributed by atoms with Crippen molar-refractivity contribution in [1.82, 2.24) is 4.90 Å². The van der Waals surface area contributed by atoms with E-state index >= 15 is 0 Å². The largest absolute Gasteiger partial charge is 0.381 e. The maximum absolute atomic E-state index is 6.17. The molecular weight excluding hydrogens is 290 g/mol. The lowest BCUT2D eigenvalue weighted by atomic mass is 9.72. The maximum atomic E-state index is 6.17. The lowest BCUT2D eigenvalue weighted by Gasteiger charge is -2.51. The Labute approximate surface area is 140 Å². The summed E-state index contributed by atoms with van der Waals surface area (Å²) in [6, 6.07) is 0. The summed E-state index contributed by atoms with van der Waals surface area (Å²) in [7, 11) is 0. The van der Waals surface area contributed by atoms with Crippen molar-refractivity contribution in [2.75, 3.05) is 52.7 Å². The summed E-state index contributed by atoms with van der Waals surface area (Å²) in [6.45, 7) is 8.40. The van der Waals surface area contributed by atoms with Crippen LogP contribution >= 0.6 is 0 Å². The van der Waals surface area contributed by atoms with Gasteiger partial charge in [0, 0.05) is 51.5 Å². The molecular formula is C19H33NO3. The molecule has 0 N–H and O–H groups in total. The monoisotopic (exact) mass is 323 g/mol. The van der Waals surface area contributed by atoms with Gasteiger partial charge in [-0.1, -0.05) is 0 Å². The first-order valence-corrected chi connectivity index (χ1v) is 9.83. The van der Waals surface area contributed by atoms with E-state index in [0.717, 1.165) is 44.9 Å². The van der Waals surface area contributed by atoms with Crippen LogP contribution in [0.25, 0.3) is 0 Å². The molecule has 4 rings (SSSR count). The SMILES string of the molecule is C1CO[C@H]2CCN(CC3CCOCC3)C[C@]2(COCC2CC2)C1. The molecule has 4 fully saturated rings. The summed E-state index contributed by atoms with van der Waals surface area (Å²) in [6.07, 6.45) is 9.34. The van der Waals surface area contributed by atoms with Crippen LogP contribution in [-0.4, -0.2) is 63.7 Å². The predicted octanol–water partition coefficient (Wildman–Crippen LogP) is 2.71. The highest BCUT2D eigenvalue weighted by Crippen LogP contribution is 2.41. The van der Waals surface area contributed by atoms with Crippen molar-refractivity contribution in [2.45, 2.75) is 51.0 Å². The normalized spacial score (nSPS) is 36.8. The molecule has 23 heavy (non-hydrogen) atoms. The minimum Gasteiger partial charge on any atom is -0.381 e. The molecule has 4 aliphatic rings. The van der Waals surface area contributed by atoms with Crippen LogP contribution in [0.5, 0.6) is 0 Å². The molecule has 4 heteroatoms. The van der Waals surface area contributed by atoms with Crippen LogP contribution in [-0.2, 0) is 14.2 Å². The molecule has 0 amide bonds. The first-order chi connectivity index (χ1) is 11.3. The minimum absolute atomic E-state index is 0.260. The molecule has 0 aromatic heterocycles. The second kappa shape index (κ2) is 7.38. The van der Waals surface area contributed by atoms with Crippen molar-refractivity contribution in [3.05, 3.63) is 0 Å². The van der Waals surface area contributed by atoms with Gasteiger partial charge in [-0.25, -0.2) is 0 Å². The molecule has 1 saturated carbocycles. The van der Waals surface area contributed by atoms with E-state index in [2.05, 4.69) is 4.90 Å². The Balaban J connectivity index is 1.35. The van der Waals surface area contributed by atoms with Gasteiger partial charge in [-0.2, -0.15) is 0 Å². The lowest BCUT2D eigenvalue weighted by molar-refractivity contribution is -0.155. The second-order valence-electron chi connectivity index (χ2n) is 8.36. The van der Waals surface area contributed by atoms with Gasteiger partial charge in [-0.3, -0.25) is 0 Å². The molecule has 0 aromatic carbocycles. The average molecular weight is 323 g/mol. The third-order valence-electron chi connectivity index (χ3n) is 6.36. The first kappa shape index (κ1) is 16.3. The number of hydrogen-bond acceptors (Lipinski definition) is 4. The molecule has 132 valence electrons. The molecule has 0 bridgehead atoms. The van der Waals surface area contributed by atoms with Gasteiger partial charge in [0.15, 0.2) is 0 Å². The van der Waals surface area contributed by atoms with E-state index in [1.54, 1.807) is 0 Å². The third kappa shape index (κ3) is 4.09. The smallest absolute Gasteiger partial charge is 0.0677 e. The minimum atomic E-state index is 0.260. The Hall–Kier alpha value is -0.160. The molecule has 3 aliphatic heterocycles. The van der Waals surface area contributed by atoms with E-state index in [-0.39, 0.29) is 5.41 Å². The number of ether oxygens (including phenoxy) is 3. The van der Waals surface area contributed by atoms with E-state index in [4.69, 9.17) is 14.2 Å². The lowest BCUT2D eigenvalue weighted by Crippen LogP contribution is -2.57. The van der Waals surface area contributed by atoms with Gasteiger partial charge in [-0.15, -0.1) is 0 Å². The molecule has 2 atom stereocenters. The topological polar surface area (TPSA) is 30.9 Å². The van der Waals surface area contributed by atoms with Gasteiger partial charge in [0.1, 0.15) is 0 Å². The van der Waals surface area contributed by atoms with Crippen molar-refractivity contribution in [1.29, 1.82) is 0 Å². The van der Waals surface area contributed by atoms with Gasteiger partial charge in [0.2, 0.25) is 0 Å². The van der Waals surface area contributed by atoms with E-state index in [0.29, 0.717) is 6.10 Å². The Morgan fingerprint density at radius 3 is 2.70 bits per heavy atom. The zero-order valence-electron chi connectivity index (χ0n) is 14.5. The second-order valence-corrected chi connectivity index (χ2v) is 8.36. The van der Waals surface area contributed by atoms with Crippen LogP contribution in [0.4, 0.5) is 0 Å². The number of likely N-dealkylation sites (tertiary alicyclic amines) is 1. The maximum Gasteiger partial charge on any atom is 0.0677 e. The number of piperidine rings is 1. The molecule has 0 aromatic rings. The van der Waals surface area contributed by atoms with Gasteiger partial charge < -0.3 is 19.1 Å². The fourth-order valence-corrected chi connectivity index (χ4v) is 4.76. The van der Waals surface area contributed by atoms with Crippen molar-refractivity contribution in [3.8, 4) is 0 Å². The van der Waals surface area contributed by atoms with Crippen LogP contribution in [0.2, 0.25) is 0 Å². The highest BCUT2D eigenvalue weighted by Gasteiger charge is 2.46. The molecule has 3 heterocycles. The average Bonchev–Trinajstić information content (AvgIpc) is 3.40. The number of fused-ring (bicyclic) bond motifs is 1. The third-order valence-corrected chi connectivity index (χ3v) is 6.36. The van der Waals surface area contributed by atoms with E-state index in [1.165, 1.54) is 64.6 Å². The Bertz CT molecular complexity index is 381. The van der Waals surface area contributed by atoms with Crippen molar-refractivity contribution >= 4 is 0 Å². The Kier molecular flexibility index (Phi) is 5.24. The van der Waals surface area contributed by atoms with Gasteiger partial charge in [-0.05, 0) is 56.8 Å². The number of rotatable bonds is 6. The van der Waals surface area contributed by atoms with Crippen LogP contribution in [0.15, 0.2) is 0 Å². The Morgan fingerprint density at radius 2 is 1.87 bits per heavy atom. The molecule has 0 spiro atoms. The Morgan fingerprint density at radius 1 is 1.00 bits per heavy atom. The number of nitrogens with zero attached hydrogens (tertiary/aromatic N) is 1. The summed E-state index contributed by atoms with van der Waals surface area (Å²) < 4.78 is 17.9. The predicted molar refractivity (Wildman–Crippen MR) is 89.6 cm³/mol. The highest BCUT2D eigenvalue weighted by atomic mass is 16.5. The van der Waals surface area contributed by atoms with E-state index in [9.17, 15) is 0 Å². The van der Waals surface area contributed by atoms with Crippen LogP contribution < -0.4 is 0 Å². The van der Waals surface area contributed by atoms with Crippen molar-refractivity contribution < 1.29 is 14.2 Å². The zero-order valence-corrected chi connectivity index (χ0v) is 14.5. The highest BCUT2D eigenvalue weighted by molar-refractivity contribution is 4.97. The molecule has 4 nitrogen and oxygen atoms in total. The summed E-state index contributed by atoms with van der Waals surface area (Å²) >= 11 is 0. The molecule has 3 saturated heterocycles. The van der Waals surface area contributed by atoms with E-state index < -0.39 is 0 Å². The summed E-state index contributed by atoms with van der Waals surface area (Å²) in [5.74, 6) is 1.69. The molecule has 0 radical (unpaired) electrons. The van der Waals surface area contributed by atoms with Crippen LogP contribution in [0.1, 0.15) is 44.9 Å². The summed E-state index contributed by atoms with van der Waals surface area (Å²) in [5.41, 5.74) is 0.260. The fraction of sp³-hybridized carbons (Fsp3) is 1.00. The summed E-state index contributed by atoms with van der Waals surface area (Å²) in [5, 5.41) is 0. The number of hydrogen-bond donors (Lipinski definition) is 0. The van der Waals surface area contributed by atoms with Crippen LogP contribution in [0.3, 0.4) is 0 Å². The van der Waals surface area contributed by atoms with Gasteiger partial charge in [0.05, 0.1) is 12.7 Å².